The minimum absolute atomic E-state index is 0.153. The van der Waals surface area contributed by atoms with Gasteiger partial charge in [0.25, 0.3) is 5.91 Å². The van der Waals surface area contributed by atoms with Crippen molar-refractivity contribution in [1.29, 1.82) is 0 Å². The summed E-state index contributed by atoms with van der Waals surface area (Å²) in [4.78, 5) is 10.8. The van der Waals surface area contributed by atoms with E-state index in [4.69, 9.17) is 22.5 Å². The molecule has 0 spiro atoms. The van der Waals surface area contributed by atoms with Crippen LogP contribution in [0, 0.1) is 5.82 Å². The maximum atomic E-state index is 13.0. The zero-order valence-corrected chi connectivity index (χ0v) is 7.10. The van der Waals surface area contributed by atoms with Gasteiger partial charge in [0.2, 0.25) is 0 Å². The van der Waals surface area contributed by atoms with Crippen LogP contribution in [0.4, 0.5) is 10.1 Å². The summed E-state index contributed by atoms with van der Waals surface area (Å²) in [6.07, 6.45) is 0. The Bertz CT molecular complexity index is 357. The fourth-order valence-electron chi connectivity index (χ4n) is 0.800. The molecule has 0 fully saturated rings. The maximum Gasteiger partial charge on any atom is 0.276 e. The first-order valence-electron chi connectivity index (χ1n) is 3.26. The third kappa shape index (κ3) is 1.71. The number of amides is 1. The molecule has 1 aromatic carbocycles. The summed E-state index contributed by atoms with van der Waals surface area (Å²) >= 11 is 5.45. The molecule has 0 radical (unpaired) electrons. The summed E-state index contributed by atoms with van der Waals surface area (Å²) in [6.45, 7) is 0. The molecule has 1 amide bonds. The number of hydrogen-bond donors (Lipinski definition) is 3. The van der Waals surface area contributed by atoms with Crippen LogP contribution < -0.4 is 11.2 Å². The van der Waals surface area contributed by atoms with Crippen LogP contribution in [-0.4, -0.2) is 11.1 Å². The van der Waals surface area contributed by atoms with E-state index in [0.29, 0.717) is 0 Å². The van der Waals surface area contributed by atoms with E-state index in [0.717, 1.165) is 0 Å². The summed E-state index contributed by atoms with van der Waals surface area (Å²) in [5, 5.41) is 7.85. The SMILES string of the molecule is Nc1ccc(C(=O)NO)c(Cl)c1F. The van der Waals surface area contributed by atoms with Crippen LogP contribution in [0.15, 0.2) is 12.1 Å². The minimum atomic E-state index is -0.885. The Morgan fingerprint density at radius 3 is 2.77 bits per heavy atom. The summed E-state index contributed by atoms with van der Waals surface area (Å²) in [5.74, 6) is -1.76. The fourth-order valence-corrected chi connectivity index (χ4v) is 1.06. The van der Waals surface area contributed by atoms with Crippen molar-refractivity contribution >= 4 is 23.2 Å². The zero-order chi connectivity index (χ0) is 10.0. The predicted octanol–water partition coefficient (Wildman–Crippen LogP) is 1.18. The van der Waals surface area contributed by atoms with Crippen LogP contribution in [0.1, 0.15) is 10.4 Å². The number of hydroxylamine groups is 1. The molecule has 13 heavy (non-hydrogen) atoms. The highest BCUT2D eigenvalue weighted by Crippen LogP contribution is 2.24. The monoisotopic (exact) mass is 204 g/mol. The number of carbonyl (C=O) groups is 1. The number of nitrogens with one attached hydrogen (secondary N) is 1. The van der Waals surface area contributed by atoms with Crippen LogP contribution in [0.25, 0.3) is 0 Å². The zero-order valence-electron chi connectivity index (χ0n) is 6.34. The van der Waals surface area contributed by atoms with Gasteiger partial charge >= 0.3 is 0 Å². The van der Waals surface area contributed by atoms with Crippen molar-refractivity contribution < 1.29 is 14.4 Å². The Hall–Kier alpha value is -1.33. The average molecular weight is 205 g/mol. The number of nitrogen functional groups attached to an aromatic ring is 1. The van der Waals surface area contributed by atoms with Gasteiger partial charge in [0.05, 0.1) is 16.3 Å². The van der Waals surface area contributed by atoms with Gasteiger partial charge in [-0.15, -0.1) is 0 Å². The van der Waals surface area contributed by atoms with Gasteiger partial charge in [0, 0.05) is 0 Å². The lowest BCUT2D eigenvalue weighted by Crippen LogP contribution is -2.19. The van der Waals surface area contributed by atoms with Crippen LogP contribution in [0.2, 0.25) is 5.02 Å². The van der Waals surface area contributed by atoms with Gasteiger partial charge in [-0.05, 0) is 12.1 Å². The molecule has 0 aliphatic rings. The fraction of sp³-hybridized carbons (Fsp3) is 0. The van der Waals surface area contributed by atoms with Crippen molar-refractivity contribution in [2.24, 2.45) is 0 Å². The number of carbonyl (C=O) groups excluding carboxylic acids is 1. The van der Waals surface area contributed by atoms with Crippen LogP contribution in [-0.2, 0) is 0 Å². The standard InChI is InChI=1S/C7H6ClFN2O2/c8-5-3(7(12)11-13)1-2-4(10)6(5)9/h1-2,13H,10H2,(H,11,12). The highest BCUT2D eigenvalue weighted by atomic mass is 35.5. The molecule has 0 aliphatic carbocycles. The second kappa shape index (κ2) is 3.59. The molecule has 4 nitrogen and oxygen atoms in total. The first-order chi connectivity index (χ1) is 6.07. The first-order valence-corrected chi connectivity index (χ1v) is 3.63. The van der Waals surface area contributed by atoms with E-state index in [1.807, 2.05) is 0 Å². The van der Waals surface area contributed by atoms with Gasteiger partial charge in [-0.1, -0.05) is 11.6 Å². The molecule has 70 valence electrons. The van der Waals surface area contributed by atoms with Gasteiger partial charge in [-0.25, -0.2) is 9.87 Å². The van der Waals surface area contributed by atoms with E-state index in [9.17, 15) is 9.18 Å². The Balaban J connectivity index is 3.26. The number of nitrogens with two attached hydrogens (primary N) is 1. The van der Waals surface area contributed by atoms with Gasteiger partial charge in [0.15, 0.2) is 5.82 Å². The molecule has 6 heteroatoms. The molecular formula is C7H6ClFN2O2. The van der Waals surface area contributed by atoms with Crippen molar-refractivity contribution in [2.45, 2.75) is 0 Å². The van der Waals surface area contributed by atoms with E-state index >= 15 is 0 Å². The van der Waals surface area contributed by atoms with E-state index in [1.165, 1.54) is 17.6 Å². The van der Waals surface area contributed by atoms with Crippen LogP contribution in [0.5, 0.6) is 0 Å². The van der Waals surface area contributed by atoms with Crippen LogP contribution >= 0.6 is 11.6 Å². The smallest absolute Gasteiger partial charge is 0.276 e. The molecule has 0 bridgehead atoms. The topological polar surface area (TPSA) is 75.4 Å². The molecule has 1 aromatic rings. The molecule has 1 rings (SSSR count). The van der Waals surface area contributed by atoms with Crippen molar-refractivity contribution in [2.75, 3.05) is 5.73 Å². The van der Waals surface area contributed by atoms with Gasteiger partial charge < -0.3 is 5.73 Å². The number of hydrogen-bond acceptors (Lipinski definition) is 3. The molecule has 0 unspecified atom stereocenters. The lowest BCUT2D eigenvalue weighted by Gasteiger charge is -2.04. The van der Waals surface area contributed by atoms with E-state index in [1.54, 1.807) is 0 Å². The lowest BCUT2D eigenvalue weighted by atomic mass is 10.2. The number of benzene rings is 1. The maximum absolute atomic E-state index is 13.0. The Morgan fingerprint density at radius 2 is 2.23 bits per heavy atom. The molecular weight excluding hydrogens is 199 g/mol. The number of anilines is 1. The molecule has 4 N–H and O–H groups in total. The lowest BCUT2D eigenvalue weighted by molar-refractivity contribution is 0.0706. The van der Waals surface area contributed by atoms with E-state index in [2.05, 4.69) is 0 Å². The third-order valence-corrected chi connectivity index (χ3v) is 1.83. The summed E-state index contributed by atoms with van der Waals surface area (Å²) in [7, 11) is 0. The summed E-state index contributed by atoms with van der Waals surface area (Å²) in [5.41, 5.74) is 6.19. The molecule has 0 saturated heterocycles. The van der Waals surface area contributed by atoms with Crippen molar-refractivity contribution in [1.82, 2.24) is 5.48 Å². The van der Waals surface area contributed by atoms with Gasteiger partial charge in [-0.2, -0.15) is 0 Å². The third-order valence-electron chi connectivity index (χ3n) is 1.46. The summed E-state index contributed by atoms with van der Waals surface area (Å²) in [6, 6.07) is 2.40. The minimum Gasteiger partial charge on any atom is -0.396 e. The predicted molar refractivity (Wildman–Crippen MR) is 45.1 cm³/mol. The van der Waals surface area contributed by atoms with Gasteiger partial charge in [0.1, 0.15) is 0 Å². The van der Waals surface area contributed by atoms with E-state index < -0.39 is 16.7 Å². The van der Waals surface area contributed by atoms with Gasteiger partial charge in [-0.3, -0.25) is 10.0 Å². The Labute approximate surface area is 78.1 Å². The van der Waals surface area contributed by atoms with Crippen molar-refractivity contribution in [3.63, 3.8) is 0 Å². The highest BCUT2D eigenvalue weighted by molar-refractivity contribution is 6.34. The molecule has 0 aromatic heterocycles. The Kier molecular flexibility index (Phi) is 2.69. The largest absolute Gasteiger partial charge is 0.396 e. The number of rotatable bonds is 1. The van der Waals surface area contributed by atoms with Crippen molar-refractivity contribution in [3.8, 4) is 0 Å². The second-order valence-electron chi connectivity index (χ2n) is 2.27. The molecule has 0 atom stereocenters. The summed E-state index contributed by atoms with van der Waals surface area (Å²) < 4.78 is 13.0. The second-order valence-corrected chi connectivity index (χ2v) is 2.65. The normalized spacial score (nSPS) is 9.77. The number of halogens is 2. The molecule has 0 heterocycles. The first kappa shape index (κ1) is 9.76. The van der Waals surface area contributed by atoms with Crippen molar-refractivity contribution in [3.05, 3.63) is 28.5 Å². The quantitative estimate of drug-likeness (QED) is 0.365. The highest BCUT2D eigenvalue weighted by Gasteiger charge is 2.14. The average Bonchev–Trinajstić information content (AvgIpc) is 2.13. The molecule has 0 saturated carbocycles. The Morgan fingerprint density at radius 1 is 1.62 bits per heavy atom. The molecule has 0 aliphatic heterocycles. The van der Waals surface area contributed by atoms with E-state index in [-0.39, 0.29) is 11.3 Å². The van der Waals surface area contributed by atoms with Crippen LogP contribution in [0.3, 0.4) is 0 Å².